The van der Waals surface area contributed by atoms with Crippen LogP contribution in [0.4, 0.5) is 0 Å². The average molecular weight is 302 g/mol. The van der Waals surface area contributed by atoms with Gasteiger partial charge in [0.2, 0.25) is 0 Å². The predicted molar refractivity (Wildman–Crippen MR) is 52.9 cm³/mol. The van der Waals surface area contributed by atoms with Gasteiger partial charge in [-0.05, 0) is 0 Å². The Balaban J connectivity index is -0.0000000631. The van der Waals surface area contributed by atoms with Crippen molar-refractivity contribution >= 4 is 13.6 Å². The van der Waals surface area contributed by atoms with E-state index in [2.05, 4.69) is 37.8 Å². The van der Waals surface area contributed by atoms with Crippen molar-refractivity contribution in [2.75, 3.05) is 0 Å². The zero-order valence-corrected chi connectivity index (χ0v) is 10.0. The van der Waals surface area contributed by atoms with Crippen molar-refractivity contribution in [3.05, 3.63) is 60.7 Å². The SMILES string of the molecule is [CH-]=O.[CH-]=O.[Ni].[Ni].[c-]1[c-][c-][cH-][c-]1.c1cc[cH-]c1. The molecule has 0 unspecified atom stereocenters. The maximum atomic E-state index is 7.75. The number of hydrogen-bond acceptors (Lipinski definition) is 2. The average Bonchev–Trinajstić information content (AvgIpc) is 3.01. The topological polar surface area (TPSA) is 34.1 Å². The van der Waals surface area contributed by atoms with E-state index in [1.165, 1.54) is 0 Å². The molecule has 0 bridgehead atoms. The van der Waals surface area contributed by atoms with Gasteiger partial charge < -0.3 is 39.9 Å². The van der Waals surface area contributed by atoms with Crippen LogP contribution in [0.1, 0.15) is 0 Å². The predicted octanol–water partition coefficient (Wildman–Crippen LogP) is 1.46. The third-order valence-electron chi connectivity index (χ3n) is 0.907. The second-order valence-electron chi connectivity index (χ2n) is 1.65. The Morgan fingerprint density at radius 2 is 1.19 bits per heavy atom. The summed E-state index contributed by atoms with van der Waals surface area (Å²) in [5, 5.41) is 0. The zero-order chi connectivity index (χ0) is 11.1. The summed E-state index contributed by atoms with van der Waals surface area (Å²) in [5.41, 5.74) is 0. The summed E-state index contributed by atoms with van der Waals surface area (Å²) in [6.07, 6.45) is 0. The molecule has 0 aliphatic carbocycles. The standard InChI is InChI=1S/C5H5.C5H.2CHO.2Ni/c2*1-2-4-5-3-1;2*1-2;;/h1-5H;1H;2*1H;;/q-1;-5;2*-1;;. The van der Waals surface area contributed by atoms with Crippen LogP contribution in [-0.2, 0) is 42.6 Å². The summed E-state index contributed by atoms with van der Waals surface area (Å²) < 4.78 is 0. The van der Waals surface area contributed by atoms with E-state index < -0.39 is 0 Å². The van der Waals surface area contributed by atoms with Crippen molar-refractivity contribution in [2.45, 2.75) is 0 Å². The molecule has 0 spiro atoms. The molecule has 0 saturated carbocycles. The van der Waals surface area contributed by atoms with Crippen molar-refractivity contribution in [2.24, 2.45) is 0 Å². The van der Waals surface area contributed by atoms with E-state index in [0.29, 0.717) is 0 Å². The van der Waals surface area contributed by atoms with Gasteiger partial charge in [0.15, 0.2) is 0 Å². The third-order valence-corrected chi connectivity index (χ3v) is 0.907. The van der Waals surface area contributed by atoms with E-state index >= 15 is 0 Å². The molecule has 0 saturated heterocycles. The fourth-order valence-electron chi connectivity index (χ4n) is 0.501. The monoisotopic (exact) mass is 300 g/mol. The first-order valence-corrected chi connectivity index (χ1v) is 3.47. The van der Waals surface area contributed by atoms with Gasteiger partial charge in [0.25, 0.3) is 0 Å². The van der Waals surface area contributed by atoms with Crippen molar-refractivity contribution in [1.29, 1.82) is 0 Å². The summed E-state index contributed by atoms with van der Waals surface area (Å²) in [7, 11) is 0. The first kappa shape index (κ1) is 24.3. The van der Waals surface area contributed by atoms with Gasteiger partial charge in [-0.15, -0.1) is 0 Å². The number of hydrogen-bond donors (Lipinski definition) is 0. The molecule has 0 fully saturated rings. The molecule has 0 aliphatic rings. The van der Waals surface area contributed by atoms with E-state index in [4.69, 9.17) is 9.59 Å². The van der Waals surface area contributed by atoms with Gasteiger partial charge in [-0.1, -0.05) is 0 Å². The fourth-order valence-corrected chi connectivity index (χ4v) is 0.501. The van der Waals surface area contributed by atoms with Gasteiger partial charge in [0.05, 0.1) is 0 Å². The van der Waals surface area contributed by atoms with Crippen LogP contribution in [0.5, 0.6) is 0 Å². The summed E-state index contributed by atoms with van der Waals surface area (Å²) in [6.45, 7) is 6.50. The molecule has 16 heavy (non-hydrogen) atoms. The van der Waals surface area contributed by atoms with Gasteiger partial charge in [0.1, 0.15) is 0 Å². The molecule has 4 heteroatoms. The van der Waals surface area contributed by atoms with E-state index in [9.17, 15) is 0 Å². The second kappa shape index (κ2) is 29.2. The van der Waals surface area contributed by atoms with Crippen LogP contribution in [0.25, 0.3) is 0 Å². The zero-order valence-electron chi connectivity index (χ0n) is 8.07. The Kier molecular flexibility index (Phi) is 44.4. The van der Waals surface area contributed by atoms with E-state index in [-0.39, 0.29) is 33.0 Å². The van der Waals surface area contributed by atoms with E-state index in [0.717, 1.165) is 0 Å². The van der Waals surface area contributed by atoms with Crippen molar-refractivity contribution in [3.63, 3.8) is 0 Å². The molecule has 2 aromatic carbocycles. The van der Waals surface area contributed by atoms with Crippen LogP contribution in [0.2, 0.25) is 0 Å². The Labute approximate surface area is 117 Å². The van der Waals surface area contributed by atoms with Gasteiger partial charge in [-0.25, -0.2) is 12.1 Å². The van der Waals surface area contributed by atoms with Crippen molar-refractivity contribution < 1.29 is 42.6 Å². The number of carbonyl (C=O) groups excluding carboxylic acids is 2. The van der Waals surface area contributed by atoms with Gasteiger partial charge in [-0.3, -0.25) is 13.6 Å². The Morgan fingerprint density at radius 3 is 1.31 bits per heavy atom. The molecule has 96 valence electrons. The minimum atomic E-state index is 0. The Bertz CT molecular complexity index is 179. The van der Waals surface area contributed by atoms with Crippen LogP contribution in [0.3, 0.4) is 0 Å². The minimum absolute atomic E-state index is 0. The molecule has 0 N–H and O–H groups in total. The maximum absolute atomic E-state index is 7.75. The molecule has 2 nitrogen and oxygen atoms in total. The summed E-state index contributed by atoms with van der Waals surface area (Å²) in [5.74, 6) is 0. The quantitative estimate of drug-likeness (QED) is 0.419. The summed E-state index contributed by atoms with van der Waals surface area (Å²) >= 11 is 0. The fraction of sp³-hybridized carbons (Fsp3) is 0. The molecular weight excluding hydrogens is 294 g/mol. The Morgan fingerprint density at radius 1 is 0.812 bits per heavy atom. The van der Waals surface area contributed by atoms with Crippen molar-refractivity contribution in [3.8, 4) is 0 Å². The third kappa shape index (κ3) is 23.1. The first-order chi connectivity index (χ1) is 7.00. The smallest absolute Gasteiger partial charge is 0 e. The molecule has 0 aliphatic heterocycles. The molecule has 0 radical (unpaired) electrons. The molecule has 2 aromatic rings. The molecule has 0 atom stereocenters. The van der Waals surface area contributed by atoms with Crippen LogP contribution in [-0.4, -0.2) is 13.6 Å². The second-order valence-corrected chi connectivity index (χ2v) is 1.65. The number of rotatable bonds is 0. The van der Waals surface area contributed by atoms with Gasteiger partial charge in [0, 0.05) is 33.0 Å². The molecular formula is C12H8Ni2O2-8. The van der Waals surface area contributed by atoms with Crippen LogP contribution in [0, 0.1) is 24.3 Å². The van der Waals surface area contributed by atoms with Crippen LogP contribution >= 0.6 is 0 Å². The molecule has 2 rings (SSSR count). The maximum Gasteiger partial charge on any atom is 0 e. The van der Waals surface area contributed by atoms with E-state index in [1.807, 2.05) is 30.3 Å². The molecule has 0 amide bonds. The summed E-state index contributed by atoms with van der Waals surface area (Å²) in [6, 6.07) is 22.0. The van der Waals surface area contributed by atoms with Crippen LogP contribution < -0.4 is 0 Å². The summed E-state index contributed by atoms with van der Waals surface area (Å²) in [4.78, 5) is 15.5. The minimum Gasteiger partial charge on any atom is -0.999 e. The van der Waals surface area contributed by atoms with Gasteiger partial charge >= 0.3 is 0 Å². The van der Waals surface area contributed by atoms with Crippen molar-refractivity contribution in [1.82, 2.24) is 0 Å². The molecule has 0 heterocycles. The molecule has 0 aromatic heterocycles. The largest absolute Gasteiger partial charge is 0.999 e. The van der Waals surface area contributed by atoms with E-state index in [1.54, 1.807) is 6.07 Å². The first-order valence-electron chi connectivity index (χ1n) is 3.47. The van der Waals surface area contributed by atoms with Crippen LogP contribution in [0.15, 0.2) is 36.4 Å². The van der Waals surface area contributed by atoms with Gasteiger partial charge in [-0.2, -0.15) is 18.2 Å². The normalized spacial score (nSPS) is 5.50. The Hall–Kier alpha value is -0.973.